The van der Waals surface area contributed by atoms with Crippen LogP contribution in [0.25, 0.3) is 0 Å². The van der Waals surface area contributed by atoms with E-state index in [1.54, 1.807) is 18.5 Å². The van der Waals surface area contributed by atoms with Gasteiger partial charge in [0.05, 0.1) is 0 Å². The highest BCUT2D eigenvalue weighted by atomic mass is 31.1. The summed E-state index contributed by atoms with van der Waals surface area (Å²) < 4.78 is 0. The Balaban J connectivity index is 2.34. The van der Waals surface area contributed by atoms with Crippen LogP contribution >= 0.6 is 7.92 Å². The molecule has 0 aromatic rings. The molecule has 108 valence electrons. The van der Waals surface area contributed by atoms with E-state index in [2.05, 4.69) is 27.7 Å². The van der Waals surface area contributed by atoms with Crippen LogP contribution < -0.4 is 0 Å². The van der Waals surface area contributed by atoms with Crippen LogP contribution in [0.5, 0.6) is 0 Å². The molecule has 1 heteroatoms. The minimum atomic E-state index is 0.371. The second kappa shape index (κ2) is 9.35. The first kappa shape index (κ1) is 16.5. The molecule has 0 heterocycles. The van der Waals surface area contributed by atoms with Gasteiger partial charge in [0, 0.05) is 0 Å². The Morgan fingerprint density at radius 3 is 2.00 bits per heavy atom. The lowest BCUT2D eigenvalue weighted by molar-refractivity contribution is 0.222. The molecule has 0 nitrogen and oxygen atoms in total. The molecule has 0 saturated heterocycles. The maximum atomic E-state index is 2.48. The van der Waals surface area contributed by atoms with E-state index in [9.17, 15) is 0 Å². The lowest BCUT2D eigenvalue weighted by Gasteiger charge is -2.34. The fraction of sp³-hybridized carbons (Fsp3) is 1.00. The van der Waals surface area contributed by atoms with Gasteiger partial charge in [-0.2, -0.15) is 0 Å². The van der Waals surface area contributed by atoms with Gasteiger partial charge < -0.3 is 0 Å². The van der Waals surface area contributed by atoms with Crippen molar-refractivity contribution in [2.75, 3.05) is 18.5 Å². The van der Waals surface area contributed by atoms with Crippen molar-refractivity contribution in [3.63, 3.8) is 0 Å². The molecule has 0 aromatic carbocycles. The minimum Gasteiger partial charge on any atom is -0.106 e. The summed E-state index contributed by atoms with van der Waals surface area (Å²) in [5.74, 6) is 3.05. The third kappa shape index (κ3) is 6.05. The molecular weight excluding hydrogens is 235 g/mol. The smallest absolute Gasteiger partial charge is 0.0297 e. The zero-order valence-electron chi connectivity index (χ0n) is 13.3. The SMILES string of the molecule is CCCCP(CCCC)C[C@H]1CCC(C)C(C)C1. The number of rotatable bonds is 8. The molecule has 0 bridgehead atoms. The second-order valence-corrected chi connectivity index (χ2v) is 9.24. The molecule has 0 amide bonds. The molecule has 1 saturated carbocycles. The number of hydrogen-bond acceptors (Lipinski definition) is 0. The molecule has 0 aliphatic heterocycles. The highest BCUT2D eigenvalue weighted by Crippen LogP contribution is 2.44. The van der Waals surface area contributed by atoms with Crippen LogP contribution in [0.2, 0.25) is 0 Å². The average Bonchev–Trinajstić information content (AvgIpc) is 2.37. The second-order valence-electron chi connectivity index (χ2n) is 6.64. The molecule has 1 aliphatic carbocycles. The van der Waals surface area contributed by atoms with Crippen molar-refractivity contribution in [2.24, 2.45) is 17.8 Å². The Bertz CT molecular complexity index is 194. The molecule has 1 aliphatic rings. The van der Waals surface area contributed by atoms with Crippen molar-refractivity contribution in [3.8, 4) is 0 Å². The lowest BCUT2D eigenvalue weighted by Crippen LogP contribution is -2.23. The Morgan fingerprint density at radius 2 is 1.50 bits per heavy atom. The van der Waals surface area contributed by atoms with Crippen LogP contribution in [0, 0.1) is 17.8 Å². The molecule has 0 N–H and O–H groups in total. The van der Waals surface area contributed by atoms with Gasteiger partial charge in [0.2, 0.25) is 0 Å². The highest BCUT2D eigenvalue weighted by molar-refractivity contribution is 7.57. The lowest BCUT2D eigenvalue weighted by atomic mass is 9.76. The Morgan fingerprint density at radius 1 is 0.889 bits per heavy atom. The maximum Gasteiger partial charge on any atom is -0.0297 e. The zero-order valence-corrected chi connectivity index (χ0v) is 14.1. The standard InChI is InChI=1S/C17H35P/c1-5-7-11-18(12-8-6-2)14-17-10-9-15(3)16(4)13-17/h15-17H,5-14H2,1-4H3/t15?,16?,17-/m0/s1. The van der Waals surface area contributed by atoms with Gasteiger partial charge >= 0.3 is 0 Å². The fourth-order valence-corrected chi connectivity index (χ4v) is 6.43. The van der Waals surface area contributed by atoms with Gasteiger partial charge in [-0.3, -0.25) is 0 Å². The summed E-state index contributed by atoms with van der Waals surface area (Å²) in [7, 11) is 0.371. The van der Waals surface area contributed by atoms with Crippen molar-refractivity contribution in [3.05, 3.63) is 0 Å². The largest absolute Gasteiger partial charge is 0.106 e. The quantitative estimate of drug-likeness (QED) is 0.465. The van der Waals surface area contributed by atoms with E-state index in [1.807, 2.05) is 0 Å². The normalized spacial score (nSPS) is 28.8. The summed E-state index contributed by atoms with van der Waals surface area (Å²) in [6.07, 6.45) is 15.0. The molecule has 0 spiro atoms. The van der Waals surface area contributed by atoms with E-state index >= 15 is 0 Å². The van der Waals surface area contributed by atoms with Crippen LogP contribution in [0.1, 0.15) is 72.6 Å². The monoisotopic (exact) mass is 270 g/mol. The molecule has 1 fully saturated rings. The molecule has 0 radical (unpaired) electrons. The Hall–Kier alpha value is 0.430. The van der Waals surface area contributed by atoms with Gasteiger partial charge in [-0.05, 0) is 61.9 Å². The van der Waals surface area contributed by atoms with Crippen molar-refractivity contribution in [1.29, 1.82) is 0 Å². The van der Waals surface area contributed by atoms with E-state index in [1.165, 1.54) is 44.9 Å². The predicted molar refractivity (Wildman–Crippen MR) is 87.0 cm³/mol. The summed E-state index contributed by atoms with van der Waals surface area (Å²) >= 11 is 0. The fourth-order valence-electron chi connectivity index (χ4n) is 3.25. The van der Waals surface area contributed by atoms with Crippen molar-refractivity contribution >= 4 is 7.92 Å². The van der Waals surface area contributed by atoms with Gasteiger partial charge in [0.1, 0.15) is 0 Å². The Kier molecular flexibility index (Phi) is 8.56. The first-order valence-electron chi connectivity index (χ1n) is 8.39. The topological polar surface area (TPSA) is 0 Å². The van der Waals surface area contributed by atoms with E-state index in [-0.39, 0.29) is 0 Å². The van der Waals surface area contributed by atoms with Crippen molar-refractivity contribution in [2.45, 2.75) is 72.6 Å². The summed E-state index contributed by atoms with van der Waals surface area (Å²) in [6, 6.07) is 0. The van der Waals surface area contributed by atoms with Gasteiger partial charge in [-0.25, -0.2) is 0 Å². The molecule has 1 rings (SSSR count). The molecule has 0 aromatic heterocycles. The summed E-state index contributed by atoms with van der Waals surface area (Å²) in [5.41, 5.74) is 0. The molecule has 18 heavy (non-hydrogen) atoms. The van der Waals surface area contributed by atoms with Crippen LogP contribution in [0.15, 0.2) is 0 Å². The van der Waals surface area contributed by atoms with Crippen molar-refractivity contribution in [1.82, 2.24) is 0 Å². The first-order valence-corrected chi connectivity index (χ1v) is 10.3. The molecule has 2 unspecified atom stereocenters. The van der Waals surface area contributed by atoms with Crippen LogP contribution in [0.3, 0.4) is 0 Å². The average molecular weight is 270 g/mol. The Labute approximate surface area is 117 Å². The van der Waals surface area contributed by atoms with Crippen molar-refractivity contribution < 1.29 is 0 Å². The summed E-state index contributed by atoms with van der Waals surface area (Å²) in [4.78, 5) is 0. The van der Waals surface area contributed by atoms with E-state index < -0.39 is 0 Å². The molecular formula is C17H35P. The third-order valence-electron chi connectivity index (χ3n) is 4.88. The predicted octanol–water partition coefficient (Wildman–Crippen LogP) is 6.14. The van der Waals surface area contributed by atoms with E-state index in [0.29, 0.717) is 7.92 Å². The van der Waals surface area contributed by atoms with Gasteiger partial charge in [0.25, 0.3) is 0 Å². The molecule has 3 atom stereocenters. The number of hydrogen-bond donors (Lipinski definition) is 0. The maximum absolute atomic E-state index is 2.48. The van der Waals surface area contributed by atoms with Crippen LogP contribution in [-0.2, 0) is 0 Å². The minimum absolute atomic E-state index is 0.371. The van der Waals surface area contributed by atoms with Gasteiger partial charge in [-0.15, -0.1) is 7.92 Å². The third-order valence-corrected chi connectivity index (χ3v) is 7.81. The first-order chi connectivity index (χ1) is 8.67. The van der Waals surface area contributed by atoms with E-state index in [4.69, 9.17) is 0 Å². The summed E-state index contributed by atoms with van der Waals surface area (Å²) in [5, 5.41) is 0. The van der Waals surface area contributed by atoms with Crippen LogP contribution in [0.4, 0.5) is 0 Å². The van der Waals surface area contributed by atoms with Crippen LogP contribution in [-0.4, -0.2) is 18.5 Å². The number of unbranched alkanes of at least 4 members (excludes halogenated alkanes) is 2. The van der Waals surface area contributed by atoms with Gasteiger partial charge in [0.15, 0.2) is 0 Å². The zero-order chi connectivity index (χ0) is 13.4. The highest BCUT2D eigenvalue weighted by Gasteiger charge is 2.26. The van der Waals surface area contributed by atoms with E-state index in [0.717, 1.165) is 17.8 Å². The van der Waals surface area contributed by atoms with Gasteiger partial charge in [-0.1, -0.05) is 47.0 Å². The summed E-state index contributed by atoms with van der Waals surface area (Å²) in [6.45, 7) is 9.63.